The number of methoxy groups -OCH3 is 2. The van der Waals surface area contributed by atoms with Crippen molar-refractivity contribution in [3.8, 4) is 17.2 Å². The Kier molecular flexibility index (Phi) is 7.21. The van der Waals surface area contributed by atoms with Crippen molar-refractivity contribution in [1.82, 2.24) is 5.48 Å². The van der Waals surface area contributed by atoms with Crippen LogP contribution >= 0.6 is 0 Å². The summed E-state index contributed by atoms with van der Waals surface area (Å²) < 4.78 is 15.8. The second-order valence-corrected chi connectivity index (χ2v) is 5.29. The highest BCUT2D eigenvalue weighted by atomic mass is 16.5. The van der Waals surface area contributed by atoms with Crippen LogP contribution < -0.4 is 25.0 Å². The minimum Gasteiger partial charge on any atom is -0.497 e. The van der Waals surface area contributed by atoms with Gasteiger partial charge in [-0.1, -0.05) is 6.07 Å². The summed E-state index contributed by atoms with van der Waals surface area (Å²) in [7, 11) is 3.04. The van der Waals surface area contributed by atoms with Gasteiger partial charge in [0.25, 0.3) is 11.8 Å². The number of ether oxygens (including phenoxy) is 3. The van der Waals surface area contributed by atoms with Crippen LogP contribution in [0.1, 0.15) is 5.56 Å². The van der Waals surface area contributed by atoms with Crippen LogP contribution in [0.25, 0.3) is 6.08 Å². The molecule has 0 fully saturated rings. The maximum Gasteiger partial charge on any atom is 0.267 e. The van der Waals surface area contributed by atoms with Gasteiger partial charge in [-0.05, 0) is 48.0 Å². The van der Waals surface area contributed by atoms with Gasteiger partial charge in [-0.25, -0.2) is 5.48 Å². The summed E-state index contributed by atoms with van der Waals surface area (Å²) in [6, 6.07) is 11.9. The summed E-state index contributed by atoms with van der Waals surface area (Å²) >= 11 is 0. The maximum atomic E-state index is 12.1. The second-order valence-electron chi connectivity index (χ2n) is 5.29. The molecule has 0 spiro atoms. The molecule has 0 aliphatic heterocycles. The smallest absolute Gasteiger partial charge is 0.267 e. The molecule has 0 saturated carbocycles. The molecule has 0 saturated heterocycles. The third-order valence-electron chi connectivity index (χ3n) is 3.46. The van der Waals surface area contributed by atoms with E-state index in [0.29, 0.717) is 28.5 Å². The highest BCUT2D eigenvalue weighted by Gasteiger charge is 2.09. The zero-order chi connectivity index (χ0) is 19.6. The molecule has 2 rings (SSSR count). The van der Waals surface area contributed by atoms with Gasteiger partial charge in [-0.3, -0.25) is 14.8 Å². The van der Waals surface area contributed by atoms with Crippen LogP contribution in [-0.4, -0.2) is 37.8 Å². The van der Waals surface area contributed by atoms with Gasteiger partial charge in [-0.15, -0.1) is 0 Å². The SMILES string of the molecule is COc1ccc(NC(=O)COc2cc(/C=C/C(=O)NO)ccc2OC)cc1. The van der Waals surface area contributed by atoms with E-state index >= 15 is 0 Å². The number of hydrogen-bond acceptors (Lipinski definition) is 6. The van der Waals surface area contributed by atoms with E-state index in [4.69, 9.17) is 19.4 Å². The average Bonchev–Trinajstić information content (AvgIpc) is 2.71. The zero-order valence-corrected chi connectivity index (χ0v) is 14.9. The standard InChI is InChI=1S/C19H20N2O6/c1-25-15-7-5-14(6-8-15)20-19(23)12-27-17-11-13(3-9-16(17)26-2)4-10-18(22)21-24/h3-11,24H,12H2,1-2H3,(H,20,23)(H,21,22)/b10-4+. The lowest BCUT2D eigenvalue weighted by molar-refractivity contribution is -0.124. The molecular weight excluding hydrogens is 352 g/mol. The lowest BCUT2D eigenvalue weighted by atomic mass is 10.2. The van der Waals surface area contributed by atoms with E-state index < -0.39 is 5.91 Å². The van der Waals surface area contributed by atoms with E-state index in [2.05, 4.69) is 5.32 Å². The highest BCUT2D eigenvalue weighted by Crippen LogP contribution is 2.28. The van der Waals surface area contributed by atoms with Crippen molar-refractivity contribution in [3.05, 3.63) is 54.1 Å². The average molecular weight is 372 g/mol. The molecule has 0 radical (unpaired) electrons. The first-order valence-electron chi connectivity index (χ1n) is 7.92. The number of rotatable bonds is 8. The van der Waals surface area contributed by atoms with Gasteiger partial charge in [0.2, 0.25) is 0 Å². The van der Waals surface area contributed by atoms with Crippen molar-refractivity contribution in [2.75, 3.05) is 26.1 Å². The fraction of sp³-hybridized carbons (Fsp3) is 0.158. The molecule has 142 valence electrons. The number of carbonyl (C=O) groups excluding carboxylic acids is 2. The Morgan fingerprint density at radius 1 is 1.04 bits per heavy atom. The Balaban J connectivity index is 2.00. The van der Waals surface area contributed by atoms with Crippen LogP contribution in [0.2, 0.25) is 0 Å². The van der Waals surface area contributed by atoms with Crippen molar-refractivity contribution in [2.45, 2.75) is 0 Å². The van der Waals surface area contributed by atoms with Crippen LogP contribution in [0.5, 0.6) is 17.2 Å². The minimum atomic E-state index is -0.660. The molecule has 27 heavy (non-hydrogen) atoms. The van der Waals surface area contributed by atoms with Gasteiger partial charge in [0, 0.05) is 11.8 Å². The number of amides is 2. The Hall–Kier alpha value is -3.52. The summed E-state index contributed by atoms with van der Waals surface area (Å²) in [4.78, 5) is 23.1. The molecule has 2 aromatic rings. The molecule has 0 aromatic heterocycles. The number of hydroxylamine groups is 1. The Labute approximate surface area is 156 Å². The normalized spacial score (nSPS) is 10.3. The molecule has 2 amide bonds. The zero-order valence-electron chi connectivity index (χ0n) is 14.9. The van der Waals surface area contributed by atoms with Gasteiger partial charge < -0.3 is 19.5 Å². The van der Waals surface area contributed by atoms with Crippen LogP contribution in [0.15, 0.2) is 48.5 Å². The van der Waals surface area contributed by atoms with Gasteiger partial charge >= 0.3 is 0 Å². The van der Waals surface area contributed by atoms with Crippen LogP contribution in [0.4, 0.5) is 5.69 Å². The number of nitrogens with one attached hydrogen (secondary N) is 2. The van der Waals surface area contributed by atoms with Crippen molar-refractivity contribution < 1.29 is 29.0 Å². The predicted octanol–water partition coefficient (Wildman–Crippen LogP) is 2.24. The van der Waals surface area contributed by atoms with E-state index in [1.54, 1.807) is 49.6 Å². The monoisotopic (exact) mass is 372 g/mol. The Bertz CT molecular complexity index is 817. The van der Waals surface area contributed by atoms with Crippen LogP contribution in [0.3, 0.4) is 0 Å². The lowest BCUT2D eigenvalue weighted by Gasteiger charge is -2.12. The number of anilines is 1. The van der Waals surface area contributed by atoms with Crippen molar-refractivity contribution in [1.29, 1.82) is 0 Å². The van der Waals surface area contributed by atoms with Crippen molar-refractivity contribution >= 4 is 23.6 Å². The van der Waals surface area contributed by atoms with Gasteiger partial charge in [-0.2, -0.15) is 0 Å². The lowest BCUT2D eigenvalue weighted by Crippen LogP contribution is -2.20. The Morgan fingerprint density at radius 2 is 1.78 bits per heavy atom. The first kappa shape index (κ1) is 19.8. The van der Waals surface area contributed by atoms with Gasteiger partial charge in [0.1, 0.15) is 5.75 Å². The van der Waals surface area contributed by atoms with Crippen molar-refractivity contribution in [3.63, 3.8) is 0 Å². The molecule has 0 heterocycles. The van der Waals surface area contributed by atoms with Crippen LogP contribution in [-0.2, 0) is 9.59 Å². The number of carbonyl (C=O) groups is 2. The predicted molar refractivity (Wildman–Crippen MR) is 99.1 cm³/mol. The summed E-state index contributed by atoms with van der Waals surface area (Å²) in [5.74, 6) is 0.466. The molecule has 8 heteroatoms. The molecule has 3 N–H and O–H groups in total. The first-order chi connectivity index (χ1) is 13.0. The van der Waals surface area contributed by atoms with Gasteiger partial charge in [0.15, 0.2) is 18.1 Å². The van der Waals surface area contributed by atoms with E-state index in [1.807, 2.05) is 0 Å². The molecule has 0 atom stereocenters. The number of hydrogen-bond donors (Lipinski definition) is 3. The molecule has 2 aromatic carbocycles. The van der Waals surface area contributed by atoms with E-state index in [-0.39, 0.29) is 12.5 Å². The summed E-state index contributed by atoms with van der Waals surface area (Å²) in [5.41, 5.74) is 2.74. The van der Waals surface area contributed by atoms with Crippen molar-refractivity contribution in [2.24, 2.45) is 0 Å². The highest BCUT2D eigenvalue weighted by molar-refractivity contribution is 5.92. The molecule has 0 aliphatic rings. The number of benzene rings is 2. The molecule has 0 bridgehead atoms. The van der Waals surface area contributed by atoms with E-state index in [0.717, 1.165) is 6.08 Å². The molecular formula is C19H20N2O6. The molecule has 0 unspecified atom stereocenters. The summed E-state index contributed by atoms with van der Waals surface area (Å²) in [6.45, 7) is -0.229. The summed E-state index contributed by atoms with van der Waals surface area (Å²) in [6.07, 6.45) is 2.64. The fourth-order valence-corrected chi connectivity index (χ4v) is 2.13. The first-order valence-corrected chi connectivity index (χ1v) is 7.92. The largest absolute Gasteiger partial charge is 0.497 e. The van der Waals surface area contributed by atoms with E-state index in [9.17, 15) is 9.59 Å². The third kappa shape index (κ3) is 6.05. The Morgan fingerprint density at radius 3 is 2.41 bits per heavy atom. The second kappa shape index (κ2) is 9.83. The topological polar surface area (TPSA) is 106 Å². The maximum absolute atomic E-state index is 12.1. The molecule has 8 nitrogen and oxygen atoms in total. The van der Waals surface area contributed by atoms with Gasteiger partial charge in [0.05, 0.1) is 14.2 Å². The third-order valence-corrected chi connectivity index (χ3v) is 3.46. The van der Waals surface area contributed by atoms with E-state index in [1.165, 1.54) is 18.7 Å². The summed E-state index contributed by atoms with van der Waals surface area (Å²) in [5, 5.41) is 11.2. The molecule has 0 aliphatic carbocycles. The fourth-order valence-electron chi connectivity index (χ4n) is 2.13. The minimum absolute atomic E-state index is 0.229. The quantitative estimate of drug-likeness (QED) is 0.373. The van der Waals surface area contributed by atoms with Crippen LogP contribution in [0, 0.1) is 0 Å².